The third kappa shape index (κ3) is 3.13. The lowest BCUT2D eigenvalue weighted by Crippen LogP contribution is -2.34. The van der Waals surface area contributed by atoms with Gasteiger partial charge >= 0.3 is 11.7 Å². The molecule has 0 amide bonds. The van der Waals surface area contributed by atoms with Gasteiger partial charge in [-0.3, -0.25) is 14.5 Å². The van der Waals surface area contributed by atoms with Crippen molar-refractivity contribution in [3.63, 3.8) is 0 Å². The molecule has 1 fully saturated rings. The van der Waals surface area contributed by atoms with Crippen molar-refractivity contribution in [1.29, 1.82) is 0 Å². The van der Waals surface area contributed by atoms with Gasteiger partial charge in [0.15, 0.2) is 5.65 Å². The van der Waals surface area contributed by atoms with Crippen LogP contribution < -0.4 is 4.90 Å². The van der Waals surface area contributed by atoms with Crippen LogP contribution in [0.2, 0.25) is 0 Å². The van der Waals surface area contributed by atoms with Crippen LogP contribution in [0.25, 0.3) is 5.65 Å². The Hall–Kier alpha value is -3.56. The van der Waals surface area contributed by atoms with E-state index in [9.17, 15) is 14.9 Å². The Bertz CT molecular complexity index is 1040. The van der Waals surface area contributed by atoms with Gasteiger partial charge in [0, 0.05) is 37.5 Å². The van der Waals surface area contributed by atoms with Gasteiger partial charge in [0.1, 0.15) is 5.82 Å². The highest BCUT2D eigenvalue weighted by molar-refractivity contribution is 5.90. The van der Waals surface area contributed by atoms with E-state index in [1.165, 1.54) is 19.4 Å². The molecule has 0 saturated carbocycles. The summed E-state index contributed by atoms with van der Waals surface area (Å²) in [6.07, 6.45) is 4.79. The first-order chi connectivity index (χ1) is 13.6. The minimum Gasteiger partial charge on any atom is -0.465 e. The minimum atomic E-state index is -0.653. The zero-order valence-electron chi connectivity index (χ0n) is 15.2. The lowest BCUT2D eigenvalue weighted by Gasteiger charge is -2.31. The number of hydrogen-bond donors (Lipinski definition) is 0. The summed E-state index contributed by atoms with van der Waals surface area (Å²) in [5.41, 5.74) is 0.660. The number of carbonyl (C=O) groups is 1. The molecule has 3 aromatic heterocycles. The van der Waals surface area contributed by atoms with Crippen molar-refractivity contribution in [2.45, 2.75) is 18.8 Å². The number of ether oxygens (including phenoxy) is 1. The van der Waals surface area contributed by atoms with Gasteiger partial charge in [-0.25, -0.2) is 9.78 Å². The molecule has 0 spiro atoms. The quantitative estimate of drug-likeness (QED) is 0.383. The number of aromatic nitrogens is 4. The Morgan fingerprint density at radius 3 is 2.79 bits per heavy atom. The van der Waals surface area contributed by atoms with Crippen molar-refractivity contribution in [2.24, 2.45) is 0 Å². The fraction of sp³-hybridized carbons (Fsp3) is 0.333. The first-order valence-electron chi connectivity index (χ1n) is 8.86. The van der Waals surface area contributed by atoms with Crippen molar-refractivity contribution in [2.75, 3.05) is 25.1 Å². The van der Waals surface area contributed by atoms with Gasteiger partial charge in [-0.2, -0.15) is 0 Å². The van der Waals surface area contributed by atoms with Crippen molar-refractivity contribution in [3.8, 4) is 0 Å². The molecule has 0 radical (unpaired) electrons. The molecule has 0 bridgehead atoms. The monoisotopic (exact) mass is 382 g/mol. The highest BCUT2D eigenvalue weighted by atomic mass is 16.6. The summed E-state index contributed by atoms with van der Waals surface area (Å²) < 4.78 is 6.59. The highest BCUT2D eigenvalue weighted by Gasteiger charge is 2.29. The number of anilines is 1. The smallest absolute Gasteiger partial charge is 0.339 e. The number of piperidine rings is 1. The van der Waals surface area contributed by atoms with Crippen LogP contribution >= 0.6 is 0 Å². The predicted molar refractivity (Wildman–Crippen MR) is 99.4 cm³/mol. The molecule has 0 unspecified atom stereocenters. The van der Waals surface area contributed by atoms with Crippen molar-refractivity contribution in [1.82, 2.24) is 19.6 Å². The second-order valence-electron chi connectivity index (χ2n) is 6.56. The van der Waals surface area contributed by atoms with Gasteiger partial charge in [0.25, 0.3) is 0 Å². The van der Waals surface area contributed by atoms with E-state index in [0.29, 0.717) is 13.1 Å². The first kappa shape index (κ1) is 17.8. The van der Waals surface area contributed by atoms with Gasteiger partial charge in [0.05, 0.1) is 17.6 Å². The van der Waals surface area contributed by atoms with E-state index in [-0.39, 0.29) is 23.0 Å². The molecular weight excluding hydrogens is 364 g/mol. The third-order valence-corrected chi connectivity index (χ3v) is 4.96. The van der Waals surface area contributed by atoms with Crippen LogP contribution in [0, 0.1) is 10.1 Å². The van der Waals surface area contributed by atoms with Gasteiger partial charge in [-0.1, -0.05) is 6.07 Å². The molecule has 4 heterocycles. The zero-order valence-corrected chi connectivity index (χ0v) is 15.2. The molecule has 1 aliphatic rings. The molecular formula is C18H18N6O4. The lowest BCUT2D eigenvalue weighted by molar-refractivity contribution is -0.384. The molecule has 0 N–H and O–H groups in total. The number of pyridine rings is 2. The number of methoxy groups -OCH3 is 1. The number of nitrogens with zero attached hydrogens (tertiary/aromatic N) is 6. The number of esters is 1. The summed E-state index contributed by atoms with van der Waals surface area (Å²) in [4.78, 5) is 28.7. The molecule has 0 atom stereocenters. The molecule has 10 nitrogen and oxygen atoms in total. The second kappa shape index (κ2) is 7.22. The van der Waals surface area contributed by atoms with Gasteiger partial charge in [-0.15, -0.1) is 10.2 Å². The highest BCUT2D eigenvalue weighted by Crippen LogP contribution is 2.33. The Morgan fingerprint density at radius 2 is 2.07 bits per heavy atom. The Labute approximate surface area is 159 Å². The van der Waals surface area contributed by atoms with E-state index < -0.39 is 10.9 Å². The van der Waals surface area contributed by atoms with Crippen LogP contribution in [-0.2, 0) is 4.74 Å². The molecule has 144 valence electrons. The normalized spacial score (nSPS) is 15.0. The van der Waals surface area contributed by atoms with Gasteiger partial charge in [-0.05, 0) is 25.0 Å². The molecule has 4 rings (SSSR count). The van der Waals surface area contributed by atoms with E-state index in [1.807, 2.05) is 33.7 Å². The van der Waals surface area contributed by atoms with E-state index in [1.54, 1.807) is 0 Å². The van der Waals surface area contributed by atoms with Gasteiger partial charge in [0.2, 0.25) is 5.82 Å². The van der Waals surface area contributed by atoms with Crippen LogP contribution in [0.1, 0.15) is 34.9 Å². The Morgan fingerprint density at radius 1 is 1.29 bits per heavy atom. The van der Waals surface area contributed by atoms with Crippen molar-refractivity contribution < 1.29 is 14.5 Å². The molecule has 1 aliphatic heterocycles. The molecule has 0 aromatic carbocycles. The number of nitro groups is 1. The maximum absolute atomic E-state index is 11.6. The van der Waals surface area contributed by atoms with Crippen LogP contribution in [0.5, 0.6) is 0 Å². The van der Waals surface area contributed by atoms with E-state index >= 15 is 0 Å². The average molecular weight is 382 g/mol. The zero-order chi connectivity index (χ0) is 19.7. The summed E-state index contributed by atoms with van der Waals surface area (Å²) in [6.45, 7) is 1.19. The standard InChI is InChI=1S/C18H18N6O4/c1-28-18(25)13-10-14(24(26)27)17(19-11-13)22-8-5-12(6-9-22)16-21-20-15-4-2-3-7-23(15)16/h2-4,7,10-12H,5-6,8-9H2,1H3. The average Bonchev–Trinajstić information content (AvgIpc) is 3.17. The molecule has 10 heteroatoms. The fourth-order valence-corrected chi connectivity index (χ4v) is 3.54. The predicted octanol–water partition coefficient (Wildman–Crippen LogP) is 2.20. The molecule has 0 aliphatic carbocycles. The maximum Gasteiger partial charge on any atom is 0.339 e. The summed E-state index contributed by atoms with van der Waals surface area (Å²) in [6, 6.07) is 6.97. The summed E-state index contributed by atoms with van der Waals surface area (Å²) in [5, 5.41) is 20.0. The Kier molecular flexibility index (Phi) is 4.60. The van der Waals surface area contributed by atoms with E-state index in [0.717, 1.165) is 24.3 Å². The van der Waals surface area contributed by atoms with Crippen molar-refractivity contribution >= 4 is 23.1 Å². The number of carbonyl (C=O) groups excluding carboxylic acids is 1. The minimum absolute atomic E-state index is 0.0581. The van der Waals surface area contributed by atoms with Gasteiger partial charge < -0.3 is 9.64 Å². The third-order valence-electron chi connectivity index (χ3n) is 4.96. The SMILES string of the molecule is COC(=O)c1cnc(N2CCC(c3nnc4ccccn34)CC2)c([N+](=O)[O-])c1. The molecule has 28 heavy (non-hydrogen) atoms. The first-order valence-corrected chi connectivity index (χ1v) is 8.86. The Balaban J connectivity index is 1.55. The second-order valence-corrected chi connectivity index (χ2v) is 6.56. The van der Waals surface area contributed by atoms with Crippen LogP contribution in [0.3, 0.4) is 0 Å². The largest absolute Gasteiger partial charge is 0.465 e. The summed E-state index contributed by atoms with van der Waals surface area (Å²) in [5.74, 6) is 0.725. The fourth-order valence-electron chi connectivity index (χ4n) is 3.54. The van der Waals surface area contributed by atoms with Crippen molar-refractivity contribution in [3.05, 3.63) is 58.2 Å². The lowest BCUT2D eigenvalue weighted by atomic mass is 9.96. The van der Waals surface area contributed by atoms with Crippen LogP contribution in [-0.4, -0.2) is 50.7 Å². The molecule has 3 aromatic rings. The topological polar surface area (TPSA) is 116 Å². The summed E-state index contributed by atoms with van der Waals surface area (Å²) in [7, 11) is 1.22. The number of hydrogen-bond acceptors (Lipinski definition) is 8. The number of rotatable bonds is 4. The van der Waals surface area contributed by atoms with Crippen LogP contribution in [0.15, 0.2) is 36.7 Å². The molecule has 1 saturated heterocycles. The maximum atomic E-state index is 11.6. The van der Waals surface area contributed by atoms with E-state index in [2.05, 4.69) is 19.9 Å². The van der Waals surface area contributed by atoms with E-state index in [4.69, 9.17) is 0 Å². The number of fused-ring (bicyclic) bond motifs is 1. The summed E-state index contributed by atoms with van der Waals surface area (Å²) >= 11 is 0. The van der Waals surface area contributed by atoms with Crippen LogP contribution in [0.4, 0.5) is 11.5 Å².